The number of amides is 3. The third-order valence-electron chi connectivity index (χ3n) is 5.67. The lowest BCUT2D eigenvalue weighted by atomic mass is 10.1. The molecule has 0 saturated carbocycles. The van der Waals surface area contributed by atoms with Crippen LogP contribution in [-0.4, -0.2) is 35.7 Å². The molecule has 0 radical (unpaired) electrons. The van der Waals surface area contributed by atoms with Crippen molar-refractivity contribution in [3.63, 3.8) is 0 Å². The first-order valence-electron chi connectivity index (χ1n) is 11.4. The van der Waals surface area contributed by atoms with Crippen LogP contribution in [0.3, 0.4) is 0 Å². The molecule has 0 spiro atoms. The highest BCUT2D eigenvalue weighted by atomic mass is 79.9. The van der Waals surface area contributed by atoms with Crippen molar-refractivity contribution in [1.82, 2.24) is 4.90 Å². The van der Waals surface area contributed by atoms with Crippen molar-refractivity contribution in [2.24, 2.45) is 0 Å². The van der Waals surface area contributed by atoms with Crippen molar-refractivity contribution in [3.05, 3.63) is 92.3 Å². The molecule has 1 saturated heterocycles. The number of carbonyl (C=O) groups is 3. The zero-order valence-electron chi connectivity index (χ0n) is 20.5. The van der Waals surface area contributed by atoms with E-state index in [1.165, 1.54) is 12.0 Å². The Morgan fingerprint density at radius 1 is 1.05 bits per heavy atom. The fourth-order valence-electron chi connectivity index (χ4n) is 3.68. The van der Waals surface area contributed by atoms with Gasteiger partial charge < -0.3 is 14.8 Å². The highest BCUT2D eigenvalue weighted by molar-refractivity contribution is 9.10. The number of ether oxygens (including phenoxy) is 2. The number of aryl methyl sites for hydroxylation is 2. The number of anilines is 1. The molecular weight excluding hydrogens is 556 g/mol. The van der Waals surface area contributed by atoms with E-state index in [9.17, 15) is 14.4 Å². The molecule has 1 aliphatic heterocycles. The maximum absolute atomic E-state index is 12.9. The van der Waals surface area contributed by atoms with Gasteiger partial charge in [0.2, 0.25) is 0 Å². The molecule has 4 rings (SSSR count). The first kappa shape index (κ1) is 26.5. The summed E-state index contributed by atoms with van der Waals surface area (Å²) in [6.07, 6.45) is 1.64. The van der Waals surface area contributed by atoms with Crippen LogP contribution in [0.15, 0.2) is 70.0 Å². The minimum Gasteiger partial charge on any atom is -0.493 e. The number of hydrogen-bond donors (Lipinski definition) is 1. The molecule has 0 aromatic heterocycles. The van der Waals surface area contributed by atoms with Crippen LogP contribution in [0.2, 0.25) is 0 Å². The second kappa shape index (κ2) is 11.7. The summed E-state index contributed by atoms with van der Waals surface area (Å²) in [4.78, 5) is 39.4. The van der Waals surface area contributed by atoms with Gasteiger partial charge in [0.15, 0.2) is 18.1 Å². The third kappa shape index (κ3) is 6.42. The average Bonchev–Trinajstić information content (AvgIpc) is 3.13. The van der Waals surface area contributed by atoms with Crippen LogP contribution >= 0.6 is 27.7 Å². The summed E-state index contributed by atoms with van der Waals surface area (Å²) in [5.74, 6) is 0.144. The second-order valence-corrected chi connectivity index (χ2v) is 10.3. The zero-order chi connectivity index (χ0) is 26.5. The van der Waals surface area contributed by atoms with Gasteiger partial charge in [-0.05, 0) is 78.2 Å². The maximum Gasteiger partial charge on any atom is 0.293 e. The lowest BCUT2D eigenvalue weighted by Crippen LogP contribution is -2.27. The Kier molecular flexibility index (Phi) is 8.35. The van der Waals surface area contributed by atoms with Gasteiger partial charge in [-0.1, -0.05) is 52.3 Å². The first-order valence-corrected chi connectivity index (χ1v) is 13.0. The van der Waals surface area contributed by atoms with E-state index in [0.29, 0.717) is 22.0 Å². The van der Waals surface area contributed by atoms with Crippen molar-refractivity contribution in [2.75, 3.05) is 19.0 Å². The number of rotatable bonds is 8. The summed E-state index contributed by atoms with van der Waals surface area (Å²) in [6, 6.07) is 18.4. The van der Waals surface area contributed by atoms with Crippen LogP contribution in [-0.2, 0) is 16.1 Å². The van der Waals surface area contributed by atoms with E-state index < -0.39 is 0 Å². The number of nitrogens with one attached hydrogen (secondary N) is 1. The van der Waals surface area contributed by atoms with Gasteiger partial charge in [-0.15, -0.1) is 0 Å². The minimum absolute atomic E-state index is 0.184. The predicted octanol–water partition coefficient (Wildman–Crippen LogP) is 6.33. The van der Waals surface area contributed by atoms with E-state index in [4.69, 9.17) is 9.47 Å². The molecule has 0 atom stereocenters. The number of carbonyl (C=O) groups excluding carboxylic acids is 3. The highest BCUT2D eigenvalue weighted by Crippen LogP contribution is 2.36. The fraction of sp³-hybridized carbons (Fsp3) is 0.179. The van der Waals surface area contributed by atoms with Gasteiger partial charge in [-0.3, -0.25) is 19.3 Å². The van der Waals surface area contributed by atoms with Crippen LogP contribution in [0.5, 0.6) is 11.5 Å². The second-order valence-electron chi connectivity index (χ2n) is 8.42. The van der Waals surface area contributed by atoms with E-state index in [1.807, 2.05) is 56.3 Å². The molecule has 7 nitrogen and oxygen atoms in total. The van der Waals surface area contributed by atoms with E-state index in [-0.39, 0.29) is 30.2 Å². The third-order valence-corrected chi connectivity index (χ3v) is 7.35. The van der Waals surface area contributed by atoms with Gasteiger partial charge in [0.1, 0.15) is 0 Å². The Bertz CT molecular complexity index is 1410. The molecule has 1 N–H and O–H groups in total. The monoisotopic (exact) mass is 580 g/mol. The van der Waals surface area contributed by atoms with Gasteiger partial charge in [-0.25, -0.2) is 0 Å². The Balaban J connectivity index is 1.43. The van der Waals surface area contributed by atoms with E-state index >= 15 is 0 Å². The molecule has 9 heteroatoms. The number of hydrogen-bond acceptors (Lipinski definition) is 6. The summed E-state index contributed by atoms with van der Waals surface area (Å²) in [7, 11) is 1.49. The van der Waals surface area contributed by atoms with Crippen LogP contribution < -0.4 is 14.8 Å². The molecule has 1 aliphatic rings. The van der Waals surface area contributed by atoms with Crippen LogP contribution in [0, 0.1) is 13.8 Å². The average molecular weight is 581 g/mol. The fourth-order valence-corrected chi connectivity index (χ4v) is 4.93. The quantitative estimate of drug-likeness (QED) is 0.313. The van der Waals surface area contributed by atoms with Crippen molar-refractivity contribution in [3.8, 4) is 11.5 Å². The normalized spacial score (nSPS) is 14.3. The zero-order valence-corrected chi connectivity index (χ0v) is 22.9. The van der Waals surface area contributed by atoms with E-state index in [1.54, 1.807) is 24.3 Å². The van der Waals surface area contributed by atoms with Crippen LogP contribution in [0.4, 0.5) is 10.5 Å². The molecule has 3 aromatic carbocycles. The van der Waals surface area contributed by atoms with Gasteiger partial charge in [-0.2, -0.15) is 0 Å². The lowest BCUT2D eigenvalue weighted by Gasteiger charge is -2.13. The Morgan fingerprint density at radius 3 is 2.59 bits per heavy atom. The first-order chi connectivity index (χ1) is 17.7. The van der Waals surface area contributed by atoms with Crippen molar-refractivity contribution in [1.29, 1.82) is 0 Å². The predicted molar refractivity (Wildman–Crippen MR) is 149 cm³/mol. The van der Waals surface area contributed by atoms with Crippen molar-refractivity contribution < 1.29 is 23.9 Å². The van der Waals surface area contributed by atoms with Gasteiger partial charge in [0.25, 0.3) is 17.1 Å². The van der Waals surface area contributed by atoms with Crippen molar-refractivity contribution in [2.45, 2.75) is 20.4 Å². The molecule has 3 amide bonds. The number of imide groups is 1. The minimum atomic E-state index is -0.354. The van der Waals surface area contributed by atoms with Gasteiger partial charge >= 0.3 is 0 Å². The molecule has 0 aliphatic carbocycles. The Hall–Kier alpha value is -3.56. The van der Waals surface area contributed by atoms with E-state index in [2.05, 4.69) is 21.2 Å². The van der Waals surface area contributed by atoms with Crippen molar-refractivity contribution >= 4 is 56.5 Å². The lowest BCUT2D eigenvalue weighted by molar-refractivity contribution is -0.123. The summed E-state index contributed by atoms with van der Waals surface area (Å²) in [5, 5.41) is 2.53. The molecule has 0 unspecified atom stereocenters. The Labute approximate surface area is 228 Å². The molecule has 1 fully saturated rings. The van der Waals surface area contributed by atoms with Crippen LogP contribution in [0.25, 0.3) is 6.08 Å². The summed E-state index contributed by atoms with van der Waals surface area (Å²) in [5.41, 5.74) is 4.25. The largest absolute Gasteiger partial charge is 0.493 e. The molecular formula is C28H25BrN2O5S. The van der Waals surface area contributed by atoms with E-state index in [0.717, 1.165) is 38.6 Å². The highest BCUT2D eigenvalue weighted by Gasteiger charge is 2.35. The number of halogens is 1. The molecule has 37 heavy (non-hydrogen) atoms. The summed E-state index contributed by atoms with van der Waals surface area (Å²) in [6.45, 7) is 3.87. The molecule has 1 heterocycles. The number of methoxy groups -OCH3 is 1. The van der Waals surface area contributed by atoms with Gasteiger partial charge in [0, 0.05) is 10.2 Å². The Morgan fingerprint density at radius 2 is 1.84 bits per heavy atom. The number of benzene rings is 3. The SMILES string of the molecule is COc1cc(/C=C2\SC(=O)N(Cc3ccccc3Br)C2=O)ccc1OCC(=O)Nc1cc(C)ccc1C. The number of thioether (sulfide) groups is 1. The summed E-state index contributed by atoms with van der Waals surface area (Å²) < 4.78 is 12.0. The molecule has 3 aromatic rings. The maximum atomic E-state index is 12.9. The standard InChI is InChI=1S/C28H25BrN2O5S/c1-17-8-9-18(2)22(12-17)30-26(32)16-36-23-11-10-19(13-24(23)35-3)14-25-27(33)31(28(34)37-25)15-20-6-4-5-7-21(20)29/h4-14H,15-16H2,1-3H3,(H,30,32)/b25-14-. The smallest absolute Gasteiger partial charge is 0.293 e. The molecule has 0 bridgehead atoms. The van der Waals surface area contributed by atoms with Crippen LogP contribution in [0.1, 0.15) is 22.3 Å². The van der Waals surface area contributed by atoms with Gasteiger partial charge in [0.05, 0.1) is 18.6 Å². The molecule has 190 valence electrons. The topological polar surface area (TPSA) is 84.9 Å². The summed E-state index contributed by atoms with van der Waals surface area (Å²) >= 11 is 4.35. The number of nitrogens with zero attached hydrogens (tertiary/aromatic N) is 1.